The summed E-state index contributed by atoms with van der Waals surface area (Å²) in [6.07, 6.45) is -1.95. The van der Waals surface area contributed by atoms with Crippen LogP contribution in [0.25, 0.3) is 21.2 Å². The van der Waals surface area contributed by atoms with Crippen LogP contribution in [0.2, 0.25) is 0 Å². The minimum Gasteiger partial charge on any atom is -0.360 e. The van der Waals surface area contributed by atoms with Crippen LogP contribution >= 0.6 is 11.3 Å². The topological polar surface area (TPSA) is 82.3 Å². The van der Waals surface area contributed by atoms with Crippen LogP contribution in [0, 0.1) is 5.95 Å². The summed E-state index contributed by atoms with van der Waals surface area (Å²) in [5.74, 6) is -0.548. The molecule has 4 rings (SSSR count). The number of hydrogen-bond donors (Lipinski definition) is 2. The number of benzene rings is 2. The van der Waals surface area contributed by atoms with Crippen LogP contribution in [-0.4, -0.2) is 36.5 Å². The fourth-order valence-corrected chi connectivity index (χ4v) is 4.36. The number of nitrogens with one attached hydrogen (secondary N) is 1. The molecule has 4 aromatic rings. The summed E-state index contributed by atoms with van der Waals surface area (Å²) in [4.78, 5) is 8.90. The normalized spacial score (nSPS) is 13.7. The Balaban J connectivity index is 1.45. The van der Waals surface area contributed by atoms with E-state index in [-0.39, 0.29) is 13.3 Å². The lowest BCUT2D eigenvalue weighted by Crippen LogP contribution is -2.37. The number of rotatable bonds is 9. The van der Waals surface area contributed by atoms with Crippen molar-refractivity contribution in [2.75, 3.05) is 25.8 Å². The van der Waals surface area contributed by atoms with Crippen molar-refractivity contribution < 1.29 is 27.0 Å². The molecule has 0 fully saturated rings. The van der Waals surface area contributed by atoms with Gasteiger partial charge in [0.2, 0.25) is 5.95 Å². The first-order chi connectivity index (χ1) is 16.7. The van der Waals surface area contributed by atoms with Crippen LogP contribution < -0.4 is 11.1 Å². The first-order valence-electron chi connectivity index (χ1n) is 10.5. The third kappa shape index (κ3) is 6.12. The number of nitrogens with two attached hydrogens (primary N) is 1. The summed E-state index contributed by atoms with van der Waals surface area (Å²) in [6.45, 7) is 0.176. The number of pyridine rings is 1. The minimum atomic E-state index is -4.43. The molecule has 2 heterocycles. The van der Waals surface area contributed by atoms with Crippen molar-refractivity contribution in [2.45, 2.75) is 18.3 Å². The summed E-state index contributed by atoms with van der Waals surface area (Å²) in [6, 6.07) is 11.1. The first-order valence-corrected chi connectivity index (χ1v) is 11.3. The van der Waals surface area contributed by atoms with Gasteiger partial charge in [-0.1, -0.05) is 35.6 Å². The number of hydrogen-bond acceptors (Lipinski definition) is 7. The van der Waals surface area contributed by atoms with E-state index in [0.717, 1.165) is 33.3 Å². The number of ether oxygens (including phenoxy) is 2. The van der Waals surface area contributed by atoms with Gasteiger partial charge >= 0.3 is 6.18 Å². The Hall–Kier alpha value is -3.12. The number of thiazole rings is 1. The second-order valence-electron chi connectivity index (χ2n) is 7.76. The zero-order valence-electron chi connectivity index (χ0n) is 18.6. The zero-order valence-corrected chi connectivity index (χ0v) is 19.4. The predicted octanol–water partition coefficient (Wildman–Crippen LogP) is 5.62. The van der Waals surface area contributed by atoms with Crippen molar-refractivity contribution in [3.05, 3.63) is 78.0 Å². The number of anilines is 1. The summed E-state index contributed by atoms with van der Waals surface area (Å²) >= 11 is 1.39. The third-order valence-electron chi connectivity index (χ3n) is 5.29. The molecule has 0 bridgehead atoms. The summed E-state index contributed by atoms with van der Waals surface area (Å²) in [5.41, 5.74) is 6.96. The molecule has 0 spiro atoms. The lowest BCUT2D eigenvalue weighted by atomic mass is 10.0. The van der Waals surface area contributed by atoms with Gasteiger partial charge in [-0.2, -0.15) is 17.6 Å². The van der Waals surface area contributed by atoms with Gasteiger partial charge in [-0.25, -0.2) is 9.97 Å². The van der Waals surface area contributed by atoms with Gasteiger partial charge in [0.15, 0.2) is 5.13 Å². The van der Waals surface area contributed by atoms with Gasteiger partial charge in [0.05, 0.1) is 16.5 Å². The molecule has 0 amide bonds. The number of nitrogens with zero attached hydrogens (tertiary/aromatic N) is 2. The number of aromatic nitrogens is 2. The molecule has 0 unspecified atom stereocenters. The Labute approximate surface area is 202 Å². The zero-order chi connectivity index (χ0) is 25.0. The van der Waals surface area contributed by atoms with E-state index >= 15 is 0 Å². The number of alkyl halides is 3. The molecule has 2 aromatic carbocycles. The van der Waals surface area contributed by atoms with Gasteiger partial charge in [0, 0.05) is 37.5 Å². The second kappa shape index (κ2) is 10.6. The number of fused-ring (bicyclic) bond motifs is 1. The van der Waals surface area contributed by atoms with Gasteiger partial charge < -0.3 is 20.5 Å². The molecule has 0 saturated carbocycles. The maximum atomic E-state index is 13.5. The highest BCUT2D eigenvalue weighted by Crippen LogP contribution is 2.33. The van der Waals surface area contributed by atoms with Crippen LogP contribution in [0.15, 0.2) is 60.9 Å². The highest BCUT2D eigenvalue weighted by molar-refractivity contribution is 7.18. The van der Waals surface area contributed by atoms with Gasteiger partial charge in [0.25, 0.3) is 0 Å². The van der Waals surface area contributed by atoms with Crippen molar-refractivity contribution >= 4 is 27.2 Å². The SMILES string of the molecule is COCO[C@@H](c1ccc(C(F)(F)F)cc1)[C@H](N)CNc1ncc(-c2ccc3cnc(F)cc3c2)s1. The molecule has 0 aliphatic rings. The van der Waals surface area contributed by atoms with Crippen LogP contribution in [0.3, 0.4) is 0 Å². The van der Waals surface area contributed by atoms with E-state index in [2.05, 4.69) is 15.3 Å². The number of halogens is 4. The highest BCUT2D eigenvalue weighted by Gasteiger charge is 2.31. The van der Waals surface area contributed by atoms with Crippen LogP contribution in [0.4, 0.5) is 22.7 Å². The number of methoxy groups -OCH3 is 1. The van der Waals surface area contributed by atoms with Gasteiger partial charge in [-0.15, -0.1) is 0 Å². The lowest BCUT2D eigenvalue weighted by Gasteiger charge is -2.25. The molecule has 3 N–H and O–H groups in total. The van der Waals surface area contributed by atoms with E-state index in [4.69, 9.17) is 15.2 Å². The van der Waals surface area contributed by atoms with E-state index in [9.17, 15) is 17.6 Å². The Morgan fingerprint density at radius 3 is 2.51 bits per heavy atom. The molecule has 0 radical (unpaired) electrons. The van der Waals surface area contributed by atoms with E-state index in [0.29, 0.717) is 10.7 Å². The van der Waals surface area contributed by atoms with Crippen molar-refractivity contribution in [2.24, 2.45) is 5.73 Å². The monoisotopic (exact) mass is 506 g/mol. The van der Waals surface area contributed by atoms with Crippen molar-refractivity contribution in [3.8, 4) is 10.4 Å². The van der Waals surface area contributed by atoms with E-state index in [1.54, 1.807) is 6.20 Å². The molecule has 6 nitrogen and oxygen atoms in total. The standard InChI is InChI=1S/C24H22F4N4O2S/c1-33-13-34-22(14-4-6-18(7-5-14)24(26,27)28)19(29)11-31-23-32-12-20(35-23)15-2-3-16-10-30-21(25)9-17(16)8-15/h2-10,12,19,22H,11,13,29H2,1H3,(H,31,32)/t19-,22+/m1/s1. The molecule has 0 aliphatic carbocycles. The molecule has 11 heteroatoms. The van der Waals surface area contributed by atoms with Crippen molar-refractivity contribution in [1.82, 2.24) is 9.97 Å². The molecule has 2 aromatic heterocycles. The molecule has 0 saturated heterocycles. The Bertz CT molecular complexity index is 1280. The highest BCUT2D eigenvalue weighted by atomic mass is 32.1. The Morgan fingerprint density at radius 1 is 1.03 bits per heavy atom. The van der Waals surface area contributed by atoms with E-state index in [1.165, 1.54) is 42.8 Å². The van der Waals surface area contributed by atoms with Crippen LogP contribution in [-0.2, 0) is 15.7 Å². The lowest BCUT2D eigenvalue weighted by molar-refractivity contribution is -0.137. The van der Waals surface area contributed by atoms with Gasteiger partial charge in [-0.05, 0) is 34.7 Å². The second-order valence-corrected chi connectivity index (χ2v) is 8.79. The Morgan fingerprint density at radius 2 is 1.80 bits per heavy atom. The van der Waals surface area contributed by atoms with Crippen LogP contribution in [0.1, 0.15) is 17.2 Å². The fourth-order valence-electron chi connectivity index (χ4n) is 3.54. The molecule has 0 aliphatic heterocycles. The van der Waals surface area contributed by atoms with E-state index < -0.39 is 29.8 Å². The average Bonchev–Trinajstić information content (AvgIpc) is 3.31. The molecular formula is C24H22F4N4O2S. The largest absolute Gasteiger partial charge is 0.416 e. The Kier molecular flexibility index (Phi) is 7.60. The maximum Gasteiger partial charge on any atom is 0.416 e. The van der Waals surface area contributed by atoms with Crippen LogP contribution in [0.5, 0.6) is 0 Å². The quantitative estimate of drug-likeness (QED) is 0.174. The maximum absolute atomic E-state index is 13.5. The van der Waals surface area contributed by atoms with Crippen molar-refractivity contribution in [1.29, 1.82) is 0 Å². The van der Waals surface area contributed by atoms with Crippen molar-refractivity contribution in [3.63, 3.8) is 0 Å². The molecule has 35 heavy (non-hydrogen) atoms. The minimum absolute atomic E-state index is 0.0706. The van der Waals surface area contributed by atoms with Gasteiger partial charge in [-0.3, -0.25) is 0 Å². The van der Waals surface area contributed by atoms with E-state index in [1.807, 2.05) is 18.2 Å². The fraction of sp³-hybridized carbons (Fsp3) is 0.250. The molecule has 2 atom stereocenters. The average molecular weight is 507 g/mol. The third-order valence-corrected chi connectivity index (χ3v) is 6.29. The summed E-state index contributed by atoms with van der Waals surface area (Å²) in [7, 11) is 1.45. The molecule has 184 valence electrons. The summed E-state index contributed by atoms with van der Waals surface area (Å²) in [5, 5.41) is 5.32. The van der Waals surface area contributed by atoms with Gasteiger partial charge in [0.1, 0.15) is 12.9 Å². The summed E-state index contributed by atoms with van der Waals surface area (Å²) < 4.78 is 62.8. The first kappa shape index (κ1) is 25.0. The molecular weight excluding hydrogens is 484 g/mol. The predicted molar refractivity (Wildman–Crippen MR) is 126 cm³/mol. The smallest absolute Gasteiger partial charge is 0.360 e.